The van der Waals surface area contributed by atoms with Gasteiger partial charge in [-0.2, -0.15) is 4.98 Å². The minimum absolute atomic E-state index is 0.00986. The number of hydrogen-bond donors (Lipinski definition) is 0. The van der Waals surface area contributed by atoms with Gasteiger partial charge in [-0.1, -0.05) is 31.2 Å². The summed E-state index contributed by atoms with van der Waals surface area (Å²) in [6.07, 6.45) is 3.31. The normalized spacial score (nSPS) is 14.6. The highest BCUT2D eigenvalue weighted by molar-refractivity contribution is 7.91. The molecule has 96 valence electrons. The second-order valence-electron chi connectivity index (χ2n) is 4.19. The highest BCUT2D eigenvalue weighted by Crippen LogP contribution is 2.22. The molecule has 1 aromatic rings. The summed E-state index contributed by atoms with van der Waals surface area (Å²) in [7, 11) is -3.27. The Balaban J connectivity index is 2.91. The minimum Gasteiger partial charge on any atom is -0.338 e. The van der Waals surface area contributed by atoms with Crippen molar-refractivity contribution in [3.05, 3.63) is 23.9 Å². The van der Waals surface area contributed by atoms with Crippen molar-refractivity contribution in [2.24, 2.45) is 0 Å². The maximum Gasteiger partial charge on any atom is 0.244 e. The Bertz CT molecular complexity index is 489. The first-order chi connectivity index (χ1) is 7.88. The smallest absolute Gasteiger partial charge is 0.244 e. The van der Waals surface area contributed by atoms with Crippen LogP contribution in [0.3, 0.4) is 0 Å². The van der Waals surface area contributed by atoms with E-state index >= 15 is 0 Å². The van der Waals surface area contributed by atoms with Crippen molar-refractivity contribution in [2.45, 2.75) is 38.9 Å². The lowest BCUT2D eigenvalue weighted by Gasteiger charge is -2.05. The van der Waals surface area contributed by atoms with Gasteiger partial charge in [0.25, 0.3) is 0 Å². The van der Waals surface area contributed by atoms with Gasteiger partial charge in [0.15, 0.2) is 15.7 Å². The fourth-order valence-corrected chi connectivity index (χ4v) is 2.33. The molecule has 0 aliphatic carbocycles. The zero-order chi connectivity index (χ0) is 13.1. The van der Waals surface area contributed by atoms with E-state index in [0.717, 1.165) is 0 Å². The van der Waals surface area contributed by atoms with Crippen molar-refractivity contribution in [3.63, 3.8) is 0 Å². The number of hydrogen-bond acceptors (Lipinski definition) is 5. The molecule has 0 fully saturated rings. The van der Waals surface area contributed by atoms with E-state index < -0.39 is 15.1 Å². The van der Waals surface area contributed by atoms with Crippen molar-refractivity contribution in [1.29, 1.82) is 0 Å². The fourth-order valence-electron chi connectivity index (χ4n) is 1.18. The molecule has 0 unspecified atom stereocenters. The summed E-state index contributed by atoms with van der Waals surface area (Å²) >= 11 is 0. The number of sulfone groups is 1. The van der Waals surface area contributed by atoms with Crippen LogP contribution in [0.5, 0.6) is 0 Å². The lowest BCUT2D eigenvalue weighted by atomic mass is 10.2. The summed E-state index contributed by atoms with van der Waals surface area (Å²) in [5.74, 6) is 0.813. The van der Waals surface area contributed by atoms with E-state index in [1.807, 2.05) is 13.8 Å². The van der Waals surface area contributed by atoms with Gasteiger partial charge in [-0.05, 0) is 13.8 Å². The molecule has 1 aromatic heterocycles. The molecule has 1 rings (SSSR count). The zero-order valence-corrected chi connectivity index (χ0v) is 11.4. The number of aromatic nitrogens is 2. The van der Waals surface area contributed by atoms with Crippen LogP contribution in [0, 0.1) is 0 Å². The first-order valence-corrected chi connectivity index (χ1v) is 7.26. The van der Waals surface area contributed by atoms with E-state index in [9.17, 15) is 8.42 Å². The number of allylic oxidation sites excluding steroid dienone is 1. The van der Waals surface area contributed by atoms with Crippen LogP contribution in [0.1, 0.15) is 50.6 Å². The number of rotatable bonds is 5. The molecule has 1 heterocycles. The Morgan fingerprint density at radius 1 is 1.35 bits per heavy atom. The molecule has 0 aromatic carbocycles. The standard InChI is InChI=1S/C11H18N2O3S/c1-5-6-7-17(14,15)9(4)11-12-10(8(2)3)13-16-11/h5-6,8-9H,7H2,1-4H3/b6-5-/t9-/m1/s1. The van der Waals surface area contributed by atoms with Gasteiger partial charge in [-0.25, -0.2) is 8.42 Å². The lowest BCUT2D eigenvalue weighted by molar-refractivity contribution is 0.369. The van der Waals surface area contributed by atoms with Crippen LogP contribution in [0.4, 0.5) is 0 Å². The van der Waals surface area contributed by atoms with E-state index in [1.165, 1.54) is 0 Å². The zero-order valence-electron chi connectivity index (χ0n) is 10.5. The van der Waals surface area contributed by atoms with Gasteiger partial charge in [0.1, 0.15) is 5.25 Å². The van der Waals surface area contributed by atoms with Crippen molar-refractivity contribution in [2.75, 3.05) is 5.75 Å². The average Bonchev–Trinajstić information content (AvgIpc) is 2.74. The van der Waals surface area contributed by atoms with Crippen LogP contribution in [0.2, 0.25) is 0 Å². The first kappa shape index (κ1) is 13.9. The topological polar surface area (TPSA) is 73.1 Å². The fraction of sp³-hybridized carbons (Fsp3) is 0.636. The average molecular weight is 258 g/mol. The van der Waals surface area contributed by atoms with Crippen LogP contribution >= 0.6 is 0 Å². The molecule has 0 saturated heterocycles. The summed E-state index contributed by atoms with van der Waals surface area (Å²) in [5, 5.41) is 3.00. The molecule has 6 heteroatoms. The molecule has 0 radical (unpaired) electrons. The first-order valence-electron chi connectivity index (χ1n) is 5.54. The molecule has 0 aliphatic heterocycles. The van der Waals surface area contributed by atoms with Crippen molar-refractivity contribution in [1.82, 2.24) is 10.1 Å². The number of nitrogens with zero attached hydrogens (tertiary/aromatic N) is 2. The Morgan fingerprint density at radius 2 is 2.00 bits per heavy atom. The minimum atomic E-state index is -3.27. The molecular formula is C11H18N2O3S. The van der Waals surface area contributed by atoms with Gasteiger partial charge >= 0.3 is 0 Å². The largest absolute Gasteiger partial charge is 0.338 e. The van der Waals surface area contributed by atoms with E-state index in [-0.39, 0.29) is 17.6 Å². The third-order valence-electron chi connectivity index (χ3n) is 2.42. The Morgan fingerprint density at radius 3 is 2.47 bits per heavy atom. The van der Waals surface area contributed by atoms with E-state index in [1.54, 1.807) is 26.0 Å². The SMILES string of the molecule is C/C=C\CS(=O)(=O)[C@H](C)c1nc(C(C)C)no1. The summed E-state index contributed by atoms with van der Waals surface area (Å²) < 4.78 is 28.8. The third-order valence-corrected chi connectivity index (χ3v) is 4.36. The molecule has 0 aliphatic rings. The predicted molar refractivity (Wildman–Crippen MR) is 65.4 cm³/mol. The van der Waals surface area contributed by atoms with Crippen LogP contribution in [-0.4, -0.2) is 24.3 Å². The van der Waals surface area contributed by atoms with E-state index in [4.69, 9.17) is 4.52 Å². The predicted octanol–water partition coefficient (Wildman–Crippen LogP) is 2.24. The maximum absolute atomic E-state index is 11.9. The monoisotopic (exact) mass is 258 g/mol. The lowest BCUT2D eigenvalue weighted by Crippen LogP contribution is -2.13. The summed E-state index contributed by atoms with van der Waals surface area (Å²) in [6, 6.07) is 0. The van der Waals surface area contributed by atoms with Crippen LogP contribution in [0.15, 0.2) is 16.7 Å². The quantitative estimate of drug-likeness (QED) is 0.757. The van der Waals surface area contributed by atoms with Gasteiger partial charge in [0.2, 0.25) is 5.89 Å². The Hall–Kier alpha value is -1.17. The van der Waals surface area contributed by atoms with Gasteiger partial charge in [-0.15, -0.1) is 0 Å². The van der Waals surface area contributed by atoms with E-state index in [0.29, 0.717) is 5.82 Å². The molecule has 17 heavy (non-hydrogen) atoms. The van der Waals surface area contributed by atoms with Crippen LogP contribution in [-0.2, 0) is 9.84 Å². The molecule has 1 atom stereocenters. The highest BCUT2D eigenvalue weighted by atomic mass is 32.2. The Labute approximate surface area is 102 Å². The summed E-state index contributed by atoms with van der Waals surface area (Å²) in [5.41, 5.74) is 0. The van der Waals surface area contributed by atoms with Crippen LogP contribution < -0.4 is 0 Å². The second kappa shape index (κ2) is 5.44. The second-order valence-corrected chi connectivity index (χ2v) is 6.55. The molecule has 0 N–H and O–H groups in total. The highest BCUT2D eigenvalue weighted by Gasteiger charge is 2.27. The van der Waals surface area contributed by atoms with Gasteiger partial charge < -0.3 is 4.52 Å². The van der Waals surface area contributed by atoms with E-state index in [2.05, 4.69) is 10.1 Å². The van der Waals surface area contributed by atoms with Gasteiger partial charge in [0, 0.05) is 5.92 Å². The molecule has 0 saturated carbocycles. The van der Waals surface area contributed by atoms with Crippen molar-refractivity contribution >= 4 is 9.84 Å². The molecular weight excluding hydrogens is 240 g/mol. The van der Waals surface area contributed by atoms with Gasteiger partial charge in [0.05, 0.1) is 5.75 Å². The maximum atomic E-state index is 11.9. The molecule has 0 spiro atoms. The van der Waals surface area contributed by atoms with Crippen LogP contribution in [0.25, 0.3) is 0 Å². The molecule has 0 amide bonds. The molecule has 0 bridgehead atoms. The van der Waals surface area contributed by atoms with Crippen molar-refractivity contribution < 1.29 is 12.9 Å². The molecule has 5 nitrogen and oxygen atoms in total. The summed E-state index contributed by atoms with van der Waals surface area (Å²) in [4.78, 5) is 4.10. The third kappa shape index (κ3) is 3.39. The van der Waals surface area contributed by atoms with Crippen molar-refractivity contribution in [3.8, 4) is 0 Å². The Kier molecular flexibility index (Phi) is 4.45. The summed E-state index contributed by atoms with van der Waals surface area (Å²) in [6.45, 7) is 7.20. The van der Waals surface area contributed by atoms with Gasteiger partial charge in [-0.3, -0.25) is 0 Å².